The Labute approximate surface area is 121 Å². The number of anilines is 1. The second kappa shape index (κ2) is 5.10. The van der Waals surface area contributed by atoms with Gasteiger partial charge in [-0.3, -0.25) is 4.98 Å². The van der Waals surface area contributed by atoms with Crippen molar-refractivity contribution >= 4 is 17.1 Å². The summed E-state index contributed by atoms with van der Waals surface area (Å²) in [4.78, 5) is 23.0. The molecule has 4 rings (SSSR count). The van der Waals surface area contributed by atoms with Crippen molar-refractivity contribution in [3.63, 3.8) is 0 Å². The van der Waals surface area contributed by atoms with Crippen molar-refractivity contribution in [1.82, 2.24) is 30.2 Å². The van der Waals surface area contributed by atoms with E-state index in [4.69, 9.17) is 0 Å². The molecule has 0 bridgehead atoms. The minimum Gasteiger partial charge on any atom is -0.344 e. The Morgan fingerprint density at radius 2 is 1.86 bits per heavy atom. The van der Waals surface area contributed by atoms with Gasteiger partial charge in [-0.2, -0.15) is 0 Å². The van der Waals surface area contributed by atoms with E-state index in [0.29, 0.717) is 0 Å². The summed E-state index contributed by atoms with van der Waals surface area (Å²) in [5.41, 5.74) is 3.43. The number of aromatic amines is 1. The highest BCUT2D eigenvalue weighted by Gasteiger charge is 2.15. The Hall–Kier alpha value is -2.54. The zero-order valence-electron chi connectivity index (χ0n) is 11.5. The molecule has 3 aromatic rings. The fourth-order valence-corrected chi connectivity index (χ4v) is 2.56. The second-order valence-corrected chi connectivity index (χ2v) is 4.93. The van der Waals surface area contributed by atoms with Gasteiger partial charge in [0, 0.05) is 56.5 Å². The standard InChI is InChI=1S/C14H15N7/c1-2-18-14(21-7-5-15-6-8-21)20-11(1)10-9-19-13-12(10)16-3-4-17-13/h1-4,9,15H,5-8H2,(H,17,19). The van der Waals surface area contributed by atoms with Gasteiger partial charge in [0.1, 0.15) is 5.52 Å². The summed E-state index contributed by atoms with van der Waals surface area (Å²) in [6.07, 6.45) is 7.07. The maximum Gasteiger partial charge on any atom is 0.225 e. The Morgan fingerprint density at radius 1 is 1.00 bits per heavy atom. The summed E-state index contributed by atoms with van der Waals surface area (Å²) in [5, 5.41) is 3.33. The van der Waals surface area contributed by atoms with Gasteiger partial charge in [-0.25, -0.2) is 15.0 Å². The summed E-state index contributed by atoms with van der Waals surface area (Å²) in [5.74, 6) is 0.771. The van der Waals surface area contributed by atoms with Gasteiger partial charge in [-0.05, 0) is 6.07 Å². The molecule has 0 amide bonds. The van der Waals surface area contributed by atoms with Crippen LogP contribution in [0.15, 0.2) is 30.9 Å². The van der Waals surface area contributed by atoms with Gasteiger partial charge < -0.3 is 15.2 Å². The molecule has 2 N–H and O–H groups in total. The number of aromatic nitrogens is 5. The molecule has 3 aromatic heterocycles. The molecule has 0 aromatic carbocycles. The molecule has 7 heteroatoms. The van der Waals surface area contributed by atoms with Crippen molar-refractivity contribution in [3.05, 3.63) is 30.9 Å². The smallest absolute Gasteiger partial charge is 0.225 e. The van der Waals surface area contributed by atoms with E-state index < -0.39 is 0 Å². The molecule has 0 radical (unpaired) electrons. The van der Waals surface area contributed by atoms with Crippen molar-refractivity contribution in [2.75, 3.05) is 31.1 Å². The van der Waals surface area contributed by atoms with Crippen LogP contribution in [0.4, 0.5) is 5.95 Å². The zero-order valence-corrected chi connectivity index (χ0v) is 11.5. The number of hydrogen-bond donors (Lipinski definition) is 2. The average Bonchev–Trinajstić information content (AvgIpc) is 3.00. The number of nitrogens with one attached hydrogen (secondary N) is 2. The van der Waals surface area contributed by atoms with Crippen molar-refractivity contribution in [2.24, 2.45) is 0 Å². The van der Waals surface area contributed by atoms with Gasteiger partial charge >= 0.3 is 0 Å². The lowest BCUT2D eigenvalue weighted by Gasteiger charge is -2.27. The fourth-order valence-electron chi connectivity index (χ4n) is 2.56. The number of nitrogens with zero attached hydrogens (tertiary/aromatic N) is 5. The van der Waals surface area contributed by atoms with E-state index in [9.17, 15) is 0 Å². The zero-order chi connectivity index (χ0) is 14.1. The van der Waals surface area contributed by atoms with Crippen molar-refractivity contribution < 1.29 is 0 Å². The first-order valence-corrected chi connectivity index (χ1v) is 6.99. The van der Waals surface area contributed by atoms with E-state index >= 15 is 0 Å². The molecular formula is C14H15N7. The lowest BCUT2D eigenvalue weighted by molar-refractivity contribution is 0.580. The molecule has 1 aliphatic heterocycles. The monoisotopic (exact) mass is 281 g/mol. The van der Waals surface area contributed by atoms with E-state index in [1.54, 1.807) is 18.6 Å². The lowest BCUT2D eigenvalue weighted by atomic mass is 10.2. The Kier molecular flexibility index (Phi) is 2.97. The van der Waals surface area contributed by atoms with Gasteiger partial charge in [0.05, 0.1) is 5.69 Å². The van der Waals surface area contributed by atoms with E-state index in [2.05, 4.69) is 35.1 Å². The Morgan fingerprint density at radius 3 is 2.76 bits per heavy atom. The second-order valence-electron chi connectivity index (χ2n) is 4.93. The predicted molar refractivity (Wildman–Crippen MR) is 80.0 cm³/mol. The van der Waals surface area contributed by atoms with Crippen LogP contribution in [0.2, 0.25) is 0 Å². The molecule has 0 saturated carbocycles. The van der Waals surface area contributed by atoms with Crippen molar-refractivity contribution in [3.8, 4) is 11.3 Å². The van der Waals surface area contributed by atoms with E-state index in [0.717, 1.165) is 54.5 Å². The fraction of sp³-hybridized carbons (Fsp3) is 0.286. The highest BCUT2D eigenvalue weighted by Crippen LogP contribution is 2.25. The molecule has 0 unspecified atom stereocenters. The molecule has 4 heterocycles. The van der Waals surface area contributed by atoms with Crippen LogP contribution >= 0.6 is 0 Å². The van der Waals surface area contributed by atoms with Crippen LogP contribution in [0.3, 0.4) is 0 Å². The number of piperazine rings is 1. The van der Waals surface area contributed by atoms with E-state index in [1.165, 1.54) is 0 Å². The first-order valence-electron chi connectivity index (χ1n) is 6.99. The maximum atomic E-state index is 4.69. The predicted octanol–water partition coefficient (Wildman–Crippen LogP) is 0.824. The third-order valence-electron chi connectivity index (χ3n) is 3.63. The van der Waals surface area contributed by atoms with Gasteiger partial charge in [0.25, 0.3) is 0 Å². The molecule has 1 fully saturated rings. The van der Waals surface area contributed by atoms with E-state index in [-0.39, 0.29) is 0 Å². The molecular weight excluding hydrogens is 266 g/mol. The van der Waals surface area contributed by atoms with Gasteiger partial charge in [0.2, 0.25) is 5.95 Å². The maximum absolute atomic E-state index is 4.69. The quantitative estimate of drug-likeness (QED) is 0.724. The van der Waals surface area contributed by atoms with Crippen molar-refractivity contribution in [2.45, 2.75) is 0 Å². The molecule has 0 spiro atoms. The molecule has 106 valence electrons. The lowest BCUT2D eigenvalue weighted by Crippen LogP contribution is -2.44. The number of hydrogen-bond acceptors (Lipinski definition) is 6. The first kappa shape index (κ1) is 12.2. The van der Waals surface area contributed by atoms with Crippen LogP contribution in [0.1, 0.15) is 0 Å². The normalized spacial score (nSPS) is 15.5. The third kappa shape index (κ3) is 2.21. The Bertz CT molecular complexity index is 761. The number of rotatable bonds is 2. The summed E-state index contributed by atoms with van der Waals surface area (Å²) >= 11 is 0. The van der Waals surface area contributed by atoms with Crippen LogP contribution in [-0.2, 0) is 0 Å². The molecule has 0 atom stereocenters. The minimum atomic E-state index is 0.771. The summed E-state index contributed by atoms with van der Waals surface area (Å²) < 4.78 is 0. The SMILES string of the molecule is c1cc(-c2c[nH]c3nccnc23)nc(N2CCNCC2)n1. The summed E-state index contributed by atoms with van der Waals surface area (Å²) in [7, 11) is 0. The molecule has 0 aliphatic carbocycles. The van der Waals surface area contributed by atoms with Crippen LogP contribution < -0.4 is 10.2 Å². The molecule has 21 heavy (non-hydrogen) atoms. The van der Waals surface area contributed by atoms with Crippen molar-refractivity contribution in [1.29, 1.82) is 0 Å². The average molecular weight is 281 g/mol. The van der Waals surface area contributed by atoms with Crippen LogP contribution in [0, 0.1) is 0 Å². The topological polar surface area (TPSA) is 82.6 Å². The summed E-state index contributed by atoms with van der Waals surface area (Å²) in [6.45, 7) is 3.78. The molecule has 7 nitrogen and oxygen atoms in total. The van der Waals surface area contributed by atoms with Crippen LogP contribution in [0.25, 0.3) is 22.4 Å². The third-order valence-corrected chi connectivity index (χ3v) is 3.63. The number of fused-ring (bicyclic) bond motifs is 1. The van der Waals surface area contributed by atoms with Gasteiger partial charge in [-0.1, -0.05) is 0 Å². The highest BCUT2D eigenvalue weighted by molar-refractivity contribution is 5.88. The van der Waals surface area contributed by atoms with Crippen LogP contribution in [-0.4, -0.2) is 51.1 Å². The highest BCUT2D eigenvalue weighted by atomic mass is 15.3. The largest absolute Gasteiger partial charge is 0.344 e. The molecule has 1 aliphatic rings. The first-order chi connectivity index (χ1) is 10.4. The van der Waals surface area contributed by atoms with E-state index in [1.807, 2.05) is 12.3 Å². The minimum absolute atomic E-state index is 0.771. The summed E-state index contributed by atoms with van der Waals surface area (Å²) in [6, 6.07) is 1.91. The number of H-pyrrole nitrogens is 1. The van der Waals surface area contributed by atoms with Crippen LogP contribution in [0.5, 0.6) is 0 Å². The molecule has 1 saturated heterocycles. The van der Waals surface area contributed by atoms with Gasteiger partial charge in [0.15, 0.2) is 5.65 Å². The van der Waals surface area contributed by atoms with Gasteiger partial charge in [-0.15, -0.1) is 0 Å². The Balaban J connectivity index is 1.75.